The number of nitrogens with zero attached hydrogens (tertiary/aromatic N) is 1. The summed E-state index contributed by atoms with van der Waals surface area (Å²) < 4.78 is 14.3. The Morgan fingerprint density at radius 1 is 1.09 bits per heavy atom. The first-order valence-electron chi connectivity index (χ1n) is 7.25. The van der Waals surface area contributed by atoms with Crippen molar-refractivity contribution in [2.24, 2.45) is 0 Å². The third-order valence-corrected chi connectivity index (χ3v) is 4.48. The summed E-state index contributed by atoms with van der Waals surface area (Å²) in [5.41, 5.74) is 1.02. The molecule has 4 rings (SSSR count). The van der Waals surface area contributed by atoms with Gasteiger partial charge in [0.05, 0.1) is 11.1 Å². The molecule has 1 saturated heterocycles. The van der Waals surface area contributed by atoms with Crippen molar-refractivity contribution in [2.45, 2.75) is 32.0 Å². The summed E-state index contributed by atoms with van der Waals surface area (Å²) in [5, 5.41) is 5.13. The van der Waals surface area contributed by atoms with E-state index < -0.39 is 35.5 Å². The quantitative estimate of drug-likeness (QED) is 0.701. The Morgan fingerprint density at radius 3 is 2.57 bits per heavy atom. The van der Waals surface area contributed by atoms with E-state index in [1.165, 1.54) is 6.07 Å². The number of carbonyl (C=O) groups excluding carboxylic acids is 4. The predicted molar refractivity (Wildman–Crippen MR) is 73.6 cm³/mol. The van der Waals surface area contributed by atoms with Crippen LogP contribution in [0, 0.1) is 5.82 Å². The Kier molecular flexibility index (Phi) is 2.86. The number of amides is 4. The van der Waals surface area contributed by atoms with Crippen molar-refractivity contribution in [2.75, 3.05) is 0 Å². The molecular formula is C15H12FN3O4. The molecule has 23 heavy (non-hydrogen) atoms. The molecule has 1 aromatic rings. The van der Waals surface area contributed by atoms with E-state index in [-0.39, 0.29) is 24.0 Å². The van der Waals surface area contributed by atoms with Crippen molar-refractivity contribution in [1.29, 1.82) is 0 Å². The van der Waals surface area contributed by atoms with Crippen molar-refractivity contribution >= 4 is 23.6 Å². The second kappa shape index (κ2) is 4.69. The van der Waals surface area contributed by atoms with Gasteiger partial charge in [-0.15, -0.1) is 0 Å². The third kappa shape index (κ3) is 1.84. The van der Waals surface area contributed by atoms with E-state index >= 15 is 0 Å². The molecule has 0 aliphatic carbocycles. The molecule has 1 atom stereocenters. The maximum atomic E-state index is 14.3. The molecule has 1 unspecified atom stereocenters. The van der Waals surface area contributed by atoms with Crippen LogP contribution in [-0.2, 0) is 22.7 Å². The first-order valence-corrected chi connectivity index (χ1v) is 7.25. The molecule has 0 spiro atoms. The standard InChI is InChI=1S/C15H12FN3O4/c16-8-3-6-4-17-5-7(6)11-12(8)15(23)19(14(11)22)9-1-2-10(20)18-13(9)21/h3,9,17H,1-2,4-5H2,(H,18,20,21). The van der Waals surface area contributed by atoms with Gasteiger partial charge >= 0.3 is 0 Å². The Labute approximate surface area is 129 Å². The Morgan fingerprint density at radius 2 is 1.83 bits per heavy atom. The smallest absolute Gasteiger partial charge is 0.265 e. The SMILES string of the molecule is O=C1CCC(N2C(=O)c3c(F)cc4c(c3C2=O)CNC4)C(=O)N1. The van der Waals surface area contributed by atoms with Gasteiger partial charge in [-0.3, -0.25) is 29.4 Å². The van der Waals surface area contributed by atoms with Crippen LogP contribution in [0.4, 0.5) is 4.39 Å². The number of halogens is 1. The van der Waals surface area contributed by atoms with E-state index in [0.29, 0.717) is 24.2 Å². The zero-order valence-electron chi connectivity index (χ0n) is 11.9. The Hall–Kier alpha value is -2.61. The molecular weight excluding hydrogens is 305 g/mol. The molecule has 3 aliphatic heterocycles. The number of fused-ring (bicyclic) bond motifs is 3. The van der Waals surface area contributed by atoms with E-state index in [2.05, 4.69) is 10.6 Å². The average Bonchev–Trinajstić information content (AvgIpc) is 3.04. The first kappa shape index (κ1) is 14.0. The highest BCUT2D eigenvalue weighted by atomic mass is 19.1. The van der Waals surface area contributed by atoms with Gasteiger partial charge in [-0.2, -0.15) is 0 Å². The summed E-state index contributed by atoms with van der Waals surface area (Å²) in [6, 6.07) is 0.178. The van der Waals surface area contributed by atoms with Crippen LogP contribution in [0.25, 0.3) is 0 Å². The monoisotopic (exact) mass is 317 g/mol. The number of imide groups is 2. The zero-order chi connectivity index (χ0) is 16.3. The zero-order valence-corrected chi connectivity index (χ0v) is 11.9. The number of nitrogens with one attached hydrogen (secondary N) is 2. The molecule has 0 aromatic heterocycles. The number of carbonyl (C=O) groups is 4. The van der Waals surface area contributed by atoms with Gasteiger partial charge in [0.15, 0.2) is 0 Å². The van der Waals surface area contributed by atoms with Crippen LogP contribution in [0.15, 0.2) is 6.07 Å². The van der Waals surface area contributed by atoms with Gasteiger partial charge in [-0.1, -0.05) is 0 Å². The minimum absolute atomic E-state index is 0.0337. The molecule has 1 aromatic carbocycles. The lowest BCUT2D eigenvalue weighted by Gasteiger charge is -2.27. The van der Waals surface area contributed by atoms with Crippen molar-refractivity contribution < 1.29 is 23.6 Å². The number of rotatable bonds is 1. The molecule has 3 aliphatic rings. The highest BCUT2D eigenvalue weighted by molar-refractivity contribution is 6.24. The number of piperidine rings is 1. The van der Waals surface area contributed by atoms with Crippen LogP contribution in [0.1, 0.15) is 44.7 Å². The third-order valence-electron chi connectivity index (χ3n) is 4.48. The van der Waals surface area contributed by atoms with E-state index in [4.69, 9.17) is 0 Å². The van der Waals surface area contributed by atoms with Crippen molar-refractivity contribution in [3.05, 3.63) is 34.1 Å². The second-order valence-electron chi connectivity index (χ2n) is 5.80. The first-order chi connectivity index (χ1) is 11.0. The van der Waals surface area contributed by atoms with Gasteiger partial charge in [-0.05, 0) is 23.6 Å². The molecule has 118 valence electrons. The summed E-state index contributed by atoms with van der Waals surface area (Å²) >= 11 is 0. The van der Waals surface area contributed by atoms with E-state index in [1.807, 2.05) is 0 Å². The Bertz CT molecular complexity index is 804. The normalized spacial score (nSPS) is 23.2. The maximum Gasteiger partial charge on any atom is 0.265 e. The highest BCUT2D eigenvalue weighted by Crippen LogP contribution is 2.34. The van der Waals surface area contributed by atoms with E-state index in [1.54, 1.807) is 0 Å². The molecule has 0 radical (unpaired) electrons. The fourth-order valence-corrected chi connectivity index (χ4v) is 3.41. The van der Waals surface area contributed by atoms with Gasteiger partial charge in [0.2, 0.25) is 11.8 Å². The average molecular weight is 317 g/mol. The fraction of sp³-hybridized carbons (Fsp3) is 0.333. The van der Waals surface area contributed by atoms with Crippen molar-refractivity contribution in [3.63, 3.8) is 0 Å². The van der Waals surface area contributed by atoms with Crippen LogP contribution in [0.5, 0.6) is 0 Å². The fourth-order valence-electron chi connectivity index (χ4n) is 3.41. The second-order valence-corrected chi connectivity index (χ2v) is 5.80. The number of hydrogen-bond donors (Lipinski definition) is 2. The molecule has 8 heteroatoms. The summed E-state index contributed by atoms with van der Waals surface area (Å²) in [6.07, 6.45) is 0.0875. The van der Waals surface area contributed by atoms with Crippen LogP contribution < -0.4 is 10.6 Å². The maximum absolute atomic E-state index is 14.3. The molecule has 7 nitrogen and oxygen atoms in total. The van der Waals surface area contributed by atoms with Crippen molar-refractivity contribution in [3.8, 4) is 0 Å². The minimum Gasteiger partial charge on any atom is -0.309 e. The van der Waals surface area contributed by atoms with Gasteiger partial charge in [-0.25, -0.2) is 4.39 Å². The van der Waals surface area contributed by atoms with Gasteiger partial charge < -0.3 is 5.32 Å². The Balaban J connectivity index is 1.80. The minimum atomic E-state index is -1.08. The molecule has 3 heterocycles. The van der Waals surface area contributed by atoms with E-state index in [9.17, 15) is 23.6 Å². The van der Waals surface area contributed by atoms with Gasteiger partial charge in [0, 0.05) is 19.5 Å². The van der Waals surface area contributed by atoms with Crippen LogP contribution in [-0.4, -0.2) is 34.6 Å². The number of hydrogen-bond acceptors (Lipinski definition) is 5. The largest absolute Gasteiger partial charge is 0.309 e. The topological polar surface area (TPSA) is 95.6 Å². The lowest BCUT2D eigenvalue weighted by molar-refractivity contribution is -0.136. The summed E-state index contributed by atoms with van der Waals surface area (Å²) in [6.45, 7) is 0.805. The summed E-state index contributed by atoms with van der Waals surface area (Å²) in [7, 11) is 0. The van der Waals surface area contributed by atoms with Crippen LogP contribution in [0.3, 0.4) is 0 Å². The number of benzene rings is 1. The predicted octanol–water partition coefficient (Wildman–Crippen LogP) is -0.170. The molecule has 1 fully saturated rings. The lowest BCUT2D eigenvalue weighted by Crippen LogP contribution is -2.54. The van der Waals surface area contributed by atoms with E-state index in [0.717, 1.165) is 4.90 Å². The van der Waals surface area contributed by atoms with Crippen LogP contribution in [0.2, 0.25) is 0 Å². The molecule has 4 amide bonds. The summed E-state index contributed by atoms with van der Waals surface area (Å²) in [5.74, 6) is -3.38. The molecule has 2 N–H and O–H groups in total. The lowest BCUT2D eigenvalue weighted by atomic mass is 9.98. The van der Waals surface area contributed by atoms with Crippen molar-refractivity contribution in [1.82, 2.24) is 15.5 Å². The molecule has 0 bridgehead atoms. The summed E-state index contributed by atoms with van der Waals surface area (Å²) in [4.78, 5) is 49.2. The highest BCUT2D eigenvalue weighted by Gasteiger charge is 2.47. The van der Waals surface area contributed by atoms with Gasteiger partial charge in [0.1, 0.15) is 11.9 Å². The van der Waals surface area contributed by atoms with Gasteiger partial charge in [0.25, 0.3) is 11.8 Å². The molecule has 0 saturated carbocycles. The van der Waals surface area contributed by atoms with Crippen LogP contribution >= 0.6 is 0 Å².